The molecule has 2 rings (SSSR count). The third-order valence-corrected chi connectivity index (χ3v) is 3.17. The summed E-state index contributed by atoms with van der Waals surface area (Å²) < 4.78 is 10.7. The van der Waals surface area contributed by atoms with Crippen molar-refractivity contribution in [3.63, 3.8) is 0 Å². The molecule has 2 aromatic rings. The maximum Gasteiger partial charge on any atom is 0.335 e. The number of carboxylic acids is 1. The van der Waals surface area contributed by atoms with E-state index in [0.717, 1.165) is 16.7 Å². The van der Waals surface area contributed by atoms with Gasteiger partial charge in [-0.25, -0.2) is 4.79 Å². The number of rotatable bonds is 4. The normalized spacial score (nSPS) is 10.2. The molecule has 0 bridgehead atoms. The van der Waals surface area contributed by atoms with E-state index in [4.69, 9.17) is 14.6 Å². The van der Waals surface area contributed by atoms with Crippen LogP contribution in [0.3, 0.4) is 0 Å². The van der Waals surface area contributed by atoms with Gasteiger partial charge in [0.05, 0.1) is 19.8 Å². The molecular formula is C16H16O4. The standard InChI is InChI=1S/C16H16O4/c1-10-9-11(16(17)18)7-8-12(10)13-5-4-6-14(19-2)15(13)20-3/h4-9H,1-3H3,(H,17,18). The molecule has 0 spiro atoms. The summed E-state index contributed by atoms with van der Waals surface area (Å²) >= 11 is 0. The van der Waals surface area contributed by atoms with Gasteiger partial charge in [0, 0.05) is 5.56 Å². The molecule has 0 fully saturated rings. The third-order valence-electron chi connectivity index (χ3n) is 3.17. The lowest BCUT2D eigenvalue weighted by atomic mass is 9.97. The Morgan fingerprint density at radius 1 is 1.05 bits per heavy atom. The highest BCUT2D eigenvalue weighted by molar-refractivity contribution is 5.89. The van der Waals surface area contributed by atoms with Gasteiger partial charge in [-0.3, -0.25) is 0 Å². The van der Waals surface area contributed by atoms with E-state index in [1.807, 2.05) is 25.1 Å². The Bertz CT molecular complexity index is 647. The molecular weight excluding hydrogens is 256 g/mol. The second-order valence-corrected chi connectivity index (χ2v) is 4.38. The van der Waals surface area contributed by atoms with Crippen molar-refractivity contribution in [3.8, 4) is 22.6 Å². The average Bonchev–Trinajstić information content (AvgIpc) is 2.46. The van der Waals surface area contributed by atoms with Crippen molar-refractivity contribution in [2.45, 2.75) is 6.92 Å². The number of ether oxygens (including phenoxy) is 2. The highest BCUT2D eigenvalue weighted by atomic mass is 16.5. The van der Waals surface area contributed by atoms with E-state index in [1.54, 1.807) is 32.4 Å². The number of para-hydroxylation sites is 1. The van der Waals surface area contributed by atoms with Gasteiger partial charge in [0.25, 0.3) is 0 Å². The summed E-state index contributed by atoms with van der Waals surface area (Å²) in [6, 6.07) is 10.6. The second kappa shape index (κ2) is 5.65. The fourth-order valence-corrected chi connectivity index (χ4v) is 2.20. The van der Waals surface area contributed by atoms with E-state index in [9.17, 15) is 4.79 Å². The maximum atomic E-state index is 11.0. The number of carboxylic acid groups (broad SMARTS) is 1. The summed E-state index contributed by atoms with van der Waals surface area (Å²) in [4.78, 5) is 11.0. The molecule has 0 radical (unpaired) electrons. The van der Waals surface area contributed by atoms with Gasteiger partial charge < -0.3 is 14.6 Å². The largest absolute Gasteiger partial charge is 0.493 e. The first-order valence-electron chi connectivity index (χ1n) is 6.13. The van der Waals surface area contributed by atoms with E-state index in [-0.39, 0.29) is 5.56 Å². The van der Waals surface area contributed by atoms with Gasteiger partial charge in [-0.05, 0) is 36.2 Å². The third kappa shape index (κ3) is 2.45. The van der Waals surface area contributed by atoms with Crippen molar-refractivity contribution in [2.75, 3.05) is 14.2 Å². The summed E-state index contributed by atoms with van der Waals surface area (Å²) in [6.45, 7) is 1.88. The van der Waals surface area contributed by atoms with Crippen LogP contribution in [0.5, 0.6) is 11.5 Å². The number of methoxy groups -OCH3 is 2. The van der Waals surface area contributed by atoms with Crippen LogP contribution in [0.1, 0.15) is 15.9 Å². The number of carbonyl (C=O) groups is 1. The molecule has 0 heterocycles. The first-order valence-corrected chi connectivity index (χ1v) is 6.13. The van der Waals surface area contributed by atoms with Crippen LogP contribution >= 0.6 is 0 Å². The smallest absolute Gasteiger partial charge is 0.335 e. The lowest BCUT2D eigenvalue weighted by Crippen LogP contribution is -1.98. The zero-order chi connectivity index (χ0) is 14.7. The monoisotopic (exact) mass is 272 g/mol. The molecule has 0 aromatic heterocycles. The van der Waals surface area contributed by atoms with E-state index < -0.39 is 5.97 Å². The van der Waals surface area contributed by atoms with Crippen LogP contribution in [0, 0.1) is 6.92 Å². The van der Waals surface area contributed by atoms with Crippen molar-refractivity contribution in [3.05, 3.63) is 47.5 Å². The molecule has 20 heavy (non-hydrogen) atoms. The van der Waals surface area contributed by atoms with Gasteiger partial charge >= 0.3 is 5.97 Å². The first kappa shape index (κ1) is 13.9. The van der Waals surface area contributed by atoms with Crippen LogP contribution in [-0.4, -0.2) is 25.3 Å². The predicted octanol–water partition coefficient (Wildman–Crippen LogP) is 3.38. The van der Waals surface area contributed by atoms with Crippen LogP contribution in [0.15, 0.2) is 36.4 Å². The van der Waals surface area contributed by atoms with Gasteiger partial charge in [0.2, 0.25) is 0 Å². The maximum absolute atomic E-state index is 11.0. The molecule has 0 saturated carbocycles. The van der Waals surface area contributed by atoms with Crippen molar-refractivity contribution >= 4 is 5.97 Å². The Morgan fingerprint density at radius 3 is 2.35 bits per heavy atom. The Balaban J connectivity index is 2.60. The first-order chi connectivity index (χ1) is 9.58. The van der Waals surface area contributed by atoms with Gasteiger partial charge in [0.15, 0.2) is 11.5 Å². The molecule has 0 aliphatic rings. The van der Waals surface area contributed by atoms with Crippen molar-refractivity contribution in [1.29, 1.82) is 0 Å². The Hall–Kier alpha value is -2.49. The van der Waals surface area contributed by atoms with Crippen LogP contribution in [0.4, 0.5) is 0 Å². The summed E-state index contributed by atoms with van der Waals surface area (Å²) in [6.07, 6.45) is 0. The molecule has 0 saturated heterocycles. The fraction of sp³-hybridized carbons (Fsp3) is 0.188. The number of benzene rings is 2. The second-order valence-electron chi connectivity index (χ2n) is 4.38. The summed E-state index contributed by atoms with van der Waals surface area (Å²) in [5, 5.41) is 9.01. The number of hydrogen-bond acceptors (Lipinski definition) is 3. The Labute approximate surface area is 117 Å². The highest BCUT2D eigenvalue weighted by Gasteiger charge is 2.14. The fourth-order valence-electron chi connectivity index (χ4n) is 2.20. The minimum Gasteiger partial charge on any atom is -0.493 e. The van der Waals surface area contributed by atoms with Crippen LogP contribution in [0.25, 0.3) is 11.1 Å². The molecule has 2 aromatic carbocycles. The average molecular weight is 272 g/mol. The molecule has 0 aliphatic heterocycles. The molecule has 1 N–H and O–H groups in total. The van der Waals surface area contributed by atoms with Crippen LogP contribution in [-0.2, 0) is 0 Å². The predicted molar refractivity (Wildman–Crippen MR) is 76.7 cm³/mol. The Morgan fingerprint density at radius 2 is 1.80 bits per heavy atom. The van der Waals surface area contributed by atoms with E-state index >= 15 is 0 Å². The molecule has 4 heteroatoms. The quantitative estimate of drug-likeness (QED) is 0.927. The lowest BCUT2D eigenvalue weighted by molar-refractivity contribution is 0.0697. The van der Waals surface area contributed by atoms with E-state index in [0.29, 0.717) is 11.5 Å². The van der Waals surface area contributed by atoms with Gasteiger partial charge in [0.1, 0.15) is 0 Å². The van der Waals surface area contributed by atoms with Gasteiger partial charge in [-0.2, -0.15) is 0 Å². The van der Waals surface area contributed by atoms with Crippen molar-refractivity contribution in [2.24, 2.45) is 0 Å². The zero-order valence-corrected chi connectivity index (χ0v) is 11.6. The molecule has 0 aliphatic carbocycles. The minimum atomic E-state index is -0.933. The number of hydrogen-bond donors (Lipinski definition) is 1. The van der Waals surface area contributed by atoms with Crippen LogP contribution in [0.2, 0.25) is 0 Å². The number of aromatic carboxylic acids is 1. The SMILES string of the molecule is COc1cccc(-c2ccc(C(=O)O)cc2C)c1OC. The van der Waals surface area contributed by atoms with Crippen molar-refractivity contribution in [1.82, 2.24) is 0 Å². The molecule has 0 unspecified atom stereocenters. The minimum absolute atomic E-state index is 0.271. The summed E-state index contributed by atoms with van der Waals surface area (Å²) in [5.74, 6) is 0.352. The highest BCUT2D eigenvalue weighted by Crippen LogP contribution is 2.39. The summed E-state index contributed by atoms with van der Waals surface area (Å²) in [5.41, 5.74) is 2.94. The number of aryl methyl sites for hydroxylation is 1. The molecule has 0 atom stereocenters. The van der Waals surface area contributed by atoms with Crippen molar-refractivity contribution < 1.29 is 19.4 Å². The van der Waals surface area contributed by atoms with E-state index in [2.05, 4.69) is 0 Å². The van der Waals surface area contributed by atoms with Crippen LogP contribution < -0.4 is 9.47 Å². The molecule has 104 valence electrons. The molecule has 0 amide bonds. The zero-order valence-electron chi connectivity index (χ0n) is 11.6. The van der Waals surface area contributed by atoms with E-state index in [1.165, 1.54) is 0 Å². The van der Waals surface area contributed by atoms with Gasteiger partial charge in [-0.1, -0.05) is 18.2 Å². The lowest BCUT2D eigenvalue weighted by Gasteiger charge is -2.14. The van der Waals surface area contributed by atoms with Gasteiger partial charge in [-0.15, -0.1) is 0 Å². The summed E-state index contributed by atoms with van der Waals surface area (Å²) in [7, 11) is 3.17. The topological polar surface area (TPSA) is 55.8 Å². The molecule has 4 nitrogen and oxygen atoms in total. The Kier molecular flexibility index (Phi) is 3.94.